The summed E-state index contributed by atoms with van der Waals surface area (Å²) in [5, 5.41) is 0. The molecule has 112 valence electrons. The van der Waals surface area contributed by atoms with Crippen LogP contribution >= 0.6 is 0 Å². The van der Waals surface area contributed by atoms with Crippen LogP contribution in [0.25, 0.3) is 0 Å². The van der Waals surface area contributed by atoms with E-state index in [0.717, 1.165) is 19.5 Å². The van der Waals surface area contributed by atoms with Crippen LogP contribution < -0.4 is 5.73 Å². The molecule has 20 heavy (non-hydrogen) atoms. The summed E-state index contributed by atoms with van der Waals surface area (Å²) >= 11 is 0. The fourth-order valence-electron chi connectivity index (χ4n) is 3.41. The number of benzene rings is 1. The number of likely N-dealkylation sites (N-methyl/N-ethyl adjacent to an activating group) is 1. The largest absolute Gasteiger partial charge is 0.329 e. The minimum atomic E-state index is 0.0559. The Bertz CT molecular complexity index is 418. The Labute approximate surface area is 123 Å². The lowest BCUT2D eigenvalue weighted by Crippen LogP contribution is -2.53. The maximum atomic E-state index is 6.15. The van der Waals surface area contributed by atoms with Gasteiger partial charge in [-0.05, 0) is 38.9 Å². The SMILES string of the molecule is CC1CN(C(C)(CN)Cc2ccccc2)CC1N(C)C. The predicted octanol–water partition coefficient (Wildman–Crippen LogP) is 1.83. The van der Waals surface area contributed by atoms with Crippen LogP contribution in [0.1, 0.15) is 19.4 Å². The Hall–Kier alpha value is -0.900. The Morgan fingerprint density at radius 1 is 1.25 bits per heavy atom. The zero-order valence-corrected chi connectivity index (χ0v) is 13.3. The lowest BCUT2D eigenvalue weighted by atomic mass is 9.91. The maximum absolute atomic E-state index is 6.15. The van der Waals surface area contributed by atoms with E-state index in [1.165, 1.54) is 5.56 Å². The molecule has 1 fully saturated rings. The second-order valence-corrected chi connectivity index (χ2v) is 6.78. The smallest absolute Gasteiger partial charge is 0.0344 e. The van der Waals surface area contributed by atoms with E-state index in [1.807, 2.05) is 0 Å². The summed E-state index contributed by atoms with van der Waals surface area (Å²) in [5.41, 5.74) is 7.58. The average molecular weight is 275 g/mol. The molecule has 1 aliphatic heterocycles. The molecule has 0 aliphatic carbocycles. The van der Waals surface area contributed by atoms with Gasteiger partial charge in [-0.3, -0.25) is 4.90 Å². The number of rotatable bonds is 5. The van der Waals surface area contributed by atoms with Gasteiger partial charge in [-0.25, -0.2) is 0 Å². The van der Waals surface area contributed by atoms with E-state index < -0.39 is 0 Å². The molecular formula is C17H29N3. The van der Waals surface area contributed by atoms with E-state index in [1.54, 1.807) is 0 Å². The highest BCUT2D eigenvalue weighted by atomic mass is 15.3. The third kappa shape index (κ3) is 3.22. The zero-order chi connectivity index (χ0) is 14.8. The van der Waals surface area contributed by atoms with Crippen LogP contribution in [0.3, 0.4) is 0 Å². The van der Waals surface area contributed by atoms with E-state index in [9.17, 15) is 0 Å². The van der Waals surface area contributed by atoms with Gasteiger partial charge >= 0.3 is 0 Å². The van der Waals surface area contributed by atoms with Gasteiger partial charge < -0.3 is 10.6 Å². The predicted molar refractivity (Wildman–Crippen MR) is 85.8 cm³/mol. The molecule has 3 heteroatoms. The first-order chi connectivity index (χ1) is 9.46. The quantitative estimate of drug-likeness (QED) is 0.890. The normalized spacial score (nSPS) is 26.9. The molecule has 1 aromatic carbocycles. The van der Waals surface area contributed by atoms with Crippen molar-refractivity contribution in [3.8, 4) is 0 Å². The van der Waals surface area contributed by atoms with Gasteiger partial charge in [-0.15, -0.1) is 0 Å². The summed E-state index contributed by atoms with van der Waals surface area (Å²) in [4.78, 5) is 4.94. The van der Waals surface area contributed by atoms with E-state index in [0.29, 0.717) is 18.5 Å². The standard InChI is InChI=1S/C17H29N3/c1-14-11-20(12-16(14)19(3)4)17(2,13-18)10-15-8-6-5-7-9-15/h5-9,14,16H,10-13,18H2,1-4H3. The van der Waals surface area contributed by atoms with Crippen LogP contribution in [-0.4, -0.2) is 55.1 Å². The van der Waals surface area contributed by atoms with Crippen molar-refractivity contribution in [3.63, 3.8) is 0 Å². The lowest BCUT2D eigenvalue weighted by molar-refractivity contribution is 0.130. The van der Waals surface area contributed by atoms with Gasteiger partial charge in [0, 0.05) is 31.2 Å². The van der Waals surface area contributed by atoms with Crippen molar-refractivity contribution in [3.05, 3.63) is 35.9 Å². The highest BCUT2D eigenvalue weighted by molar-refractivity contribution is 5.18. The van der Waals surface area contributed by atoms with Crippen molar-refractivity contribution in [2.75, 3.05) is 33.7 Å². The highest BCUT2D eigenvalue weighted by Gasteiger charge is 2.40. The van der Waals surface area contributed by atoms with Crippen molar-refractivity contribution in [2.24, 2.45) is 11.7 Å². The fraction of sp³-hybridized carbons (Fsp3) is 0.647. The minimum Gasteiger partial charge on any atom is -0.329 e. The van der Waals surface area contributed by atoms with Crippen LogP contribution in [0.4, 0.5) is 0 Å². The molecule has 0 radical (unpaired) electrons. The zero-order valence-electron chi connectivity index (χ0n) is 13.3. The summed E-state index contributed by atoms with van der Waals surface area (Å²) in [6.45, 7) is 7.63. The van der Waals surface area contributed by atoms with Crippen LogP contribution in [-0.2, 0) is 6.42 Å². The first-order valence-electron chi connectivity index (χ1n) is 7.62. The van der Waals surface area contributed by atoms with Crippen molar-refractivity contribution in [2.45, 2.75) is 31.8 Å². The van der Waals surface area contributed by atoms with E-state index >= 15 is 0 Å². The van der Waals surface area contributed by atoms with Crippen LogP contribution in [0.5, 0.6) is 0 Å². The van der Waals surface area contributed by atoms with E-state index in [2.05, 4.69) is 68.1 Å². The summed E-state index contributed by atoms with van der Waals surface area (Å²) in [5.74, 6) is 0.701. The van der Waals surface area contributed by atoms with Crippen LogP contribution in [0.15, 0.2) is 30.3 Å². The molecule has 0 bridgehead atoms. The first-order valence-corrected chi connectivity index (χ1v) is 7.62. The molecule has 3 nitrogen and oxygen atoms in total. The molecular weight excluding hydrogens is 246 g/mol. The van der Waals surface area contributed by atoms with Gasteiger partial charge in [0.05, 0.1) is 0 Å². The monoisotopic (exact) mass is 275 g/mol. The molecule has 0 spiro atoms. The summed E-state index contributed by atoms with van der Waals surface area (Å²) in [6.07, 6.45) is 1.03. The lowest BCUT2D eigenvalue weighted by Gasteiger charge is -2.38. The third-order valence-corrected chi connectivity index (χ3v) is 4.87. The van der Waals surface area contributed by atoms with Crippen molar-refractivity contribution in [1.29, 1.82) is 0 Å². The molecule has 1 aromatic rings. The average Bonchev–Trinajstić information content (AvgIpc) is 2.82. The molecule has 3 atom stereocenters. The molecule has 3 unspecified atom stereocenters. The van der Waals surface area contributed by atoms with E-state index in [4.69, 9.17) is 5.73 Å². The maximum Gasteiger partial charge on any atom is 0.0344 e. The molecule has 2 rings (SSSR count). The molecule has 1 heterocycles. The van der Waals surface area contributed by atoms with Gasteiger partial charge in [-0.1, -0.05) is 37.3 Å². The third-order valence-electron chi connectivity index (χ3n) is 4.87. The van der Waals surface area contributed by atoms with Crippen LogP contribution in [0, 0.1) is 5.92 Å². The molecule has 1 saturated heterocycles. The van der Waals surface area contributed by atoms with Gasteiger partial charge in [-0.2, -0.15) is 0 Å². The molecule has 1 aliphatic rings. The minimum absolute atomic E-state index is 0.0559. The Balaban J connectivity index is 2.11. The van der Waals surface area contributed by atoms with Gasteiger partial charge in [0.1, 0.15) is 0 Å². The second kappa shape index (κ2) is 6.25. The number of nitrogens with two attached hydrogens (primary N) is 1. The Morgan fingerprint density at radius 2 is 1.90 bits per heavy atom. The molecule has 0 aromatic heterocycles. The first kappa shape index (κ1) is 15.5. The molecule has 0 amide bonds. The summed E-state index contributed by atoms with van der Waals surface area (Å²) < 4.78 is 0. The molecule has 2 N–H and O–H groups in total. The molecule has 0 saturated carbocycles. The topological polar surface area (TPSA) is 32.5 Å². The summed E-state index contributed by atoms with van der Waals surface area (Å²) in [6, 6.07) is 11.3. The Morgan fingerprint density at radius 3 is 2.40 bits per heavy atom. The number of nitrogens with zero attached hydrogens (tertiary/aromatic N) is 2. The van der Waals surface area contributed by atoms with Crippen molar-refractivity contribution < 1.29 is 0 Å². The number of hydrogen-bond donors (Lipinski definition) is 1. The van der Waals surface area contributed by atoms with Gasteiger partial charge in [0.2, 0.25) is 0 Å². The fourth-order valence-corrected chi connectivity index (χ4v) is 3.41. The van der Waals surface area contributed by atoms with Gasteiger partial charge in [0.15, 0.2) is 0 Å². The second-order valence-electron chi connectivity index (χ2n) is 6.78. The summed E-state index contributed by atoms with van der Waals surface area (Å²) in [7, 11) is 4.36. The number of hydrogen-bond acceptors (Lipinski definition) is 3. The number of likely N-dealkylation sites (tertiary alicyclic amines) is 1. The van der Waals surface area contributed by atoms with Crippen LogP contribution in [0.2, 0.25) is 0 Å². The van der Waals surface area contributed by atoms with E-state index in [-0.39, 0.29) is 5.54 Å². The van der Waals surface area contributed by atoms with Crippen molar-refractivity contribution >= 4 is 0 Å². The van der Waals surface area contributed by atoms with Gasteiger partial charge in [0.25, 0.3) is 0 Å². The van der Waals surface area contributed by atoms with Crippen molar-refractivity contribution in [1.82, 2.24) is 9.80 Å². The Kier molecular flexibility index (Phi) is 4.84. The highest BCUT2D eigenvalue weighted by Crippen LogP contribution is 2.29.